The fraction of sp³-hybridized carbons (Fsp3) is 0.364. The summed E-state index contributed by atoms with van der Waals surface area (Å²) >= 11 is 0. The van der Waals surface area contributed by atoms with Gasteiger partial charge in [-0.15, -0.1) is 0 Å². The van der Waals surface area contributed by atoms with Crippen LogP contribution in [0.15, 0.2) is 42.6 Å². The van der Waals surface area contributed by atoms with E-state index in [1.165, 1.54) is 0 Å². The first-order valence-electron chi connectivity index (χ1n) is 9.49. The summed E-state index contributed by atoms with van der Waals surface area (Å²) in [4.78, 5) is 4.55. The molecule has 0 fully saturated rings. The molecule has 2 aromatic heterocycles. The molecule has 0 saturated heterocycles. The van der Waals surface area contributed by atoms with Gasteiger partial charge in [-0.25, -0.2) is 9.67 Å². The SMILES string of the molecule is COc1cccc(CNCc2ccc(-n3nc(C)cc3C)nc2)c1OC(C)C. The van der Waals surface area contributed by atoms with Crippen molar-refractivity contribution >= 4 is 0 Å². The van der Waals surface area contributed by atoms with Gasteiger partial charge in [-0.2, -0.15) is 5.10 Å². The number of hydrogen-bond donors (Lipinski definition) is 1. The standard InChI is InChI=1S/C22H28N4O2/c1-15(2)28-22-19(7-6-8-20(22)27-5)14-23-12-18-9-10-21(24-13-18)26-17(4)11-16(3)25-26/h6-11,13,15,23H,12,14H2,1-5H3. The monoisotopic (exact) mass is 380 g/mol. The van der Waals surface area contributed by atoms with Crippen molar-refractivity contribution in [1.29, 1.82) is 0 Å². The molecular weight excluding hydrogens is 352 g/mol. The Bertz CT molecular complexity index is 917. The molecule has 0 aliphatic rings. The minimum Gasteiger partial charge on any atom is -0.493 e. The lowest BCUT2D eigenvalue weighted by Gasteiger charge is -2.17. The second-order valence-electron chi connectivity index (χ2n) is 7.08. The van der Waals surface area contributed by atoms with E-state index in [-0.39, 0.29) is 6.10 Å². The van der Waals surface area contributed by atoms with Crippen LogP contribution in [0.1, 0.15) is 36.4 Å². The lowest BCUT2D eigenvalue weighted by Crippen LogP contribution is -2.16. The van der Waals surface area contributed by atoms with Crippen LogP contribution < -0.4 is 14.8 Å². The molecule has 6 heteroatoms. The number of hydrogen-bond acceptors (Lipinski definition) is 5. The number of nitrogens with zero attached hydrogens (tertiary/aromatic N) is 3. The topological polar surface area (TPSA) is 61.2 Å². The van der Waals surface area contributed by atoms with Crippen molar-refractivity contribution in [3.05, 3.63) is 65.1 Å². The van der Waals surface area contributed by atoms with E-state index in [0.29, 0.717) is 13.1 Å². The molecule has 0 spiro atoms. The minimum absolute atomic E-state index is 0.0844. The van der Waals surface area contributed by atoms with Crippen LogP contribution in [0.4, 0.5) is 0 Å². The highest BCUT2D eigenvalue weighted by Gasteiger charge is 2.12. The highest BCUT2D eigenvalue weighted by Crippen LogP contribution is 2.32. The molecule has 3 aromatic rings. The molecule has 2 heterocycles. The molecule has 6 nitrogen and oxygen atoms in total. The maximum Gasteiger partial charge on any atom is 0.166 e. The van der Waals surface area contributed by atoms with Crippen molar-refractivity contribution in [2.75, 3.05) is 7.11 Å². The summed E-state index contributed by atoms with van der Waals surface area (Å²) in [5, 5.41) is 7.93. The van der Waals surface area contributed by atoms with Gasteiger partial charge in [0.15, 0.2) is 17.3 Å². The van der Waals surface area contributed by atoms with Crippen LogP contribution in [-0.4, -0.2) is 28.0 Å². The first-order valence-corrected chi connectivity index (χ1v) is 9.49. The Kier molecular flexibility index (Phi) is 6.31. The summed E-state index contributed by atoms with van der Waals surface area (Å²) in [5.41, 5.74) is 4.24. The van der Waals surface area contributed by atoms with Crippen LogP contribution in [-0.2, 0) is 13.1 Å². The van der Waals surface area contributed by atoms with Gasteiger partial charge in [-0.1, -0.05) is 18.2 Å². The maximum atomic E-state index is 5.96. The molecule has 0 radical (unpaired) electrons. The van der Waals surface area contributed by atoms with Crippen LogP contribution in [0.3, 0.4) is 0 Å². The van der Waals surface area contributed by atoms with Crippen molar-refractivity contribution in [3.8, 4) is 17.3 Å². The van der Waals surface area contributed by atoms with Crippen molar-refractivity contribution in [2.24, 2.45) is 0 Å². The van der Waals surface area contributed by atoms with Crippen molar-refractivity contribution in [1.82, 2.24) is 20.1 Å². The summed E-state index contributed by atoms with van der Waals surface area (Å²) < 4.78 is 13.3. The fourth-order valence-corrected chi connectivity index (χ4v) is 3.08. The van der Waals surface area contributed by atoms with Crippen LogP contribution in [0.2, 0.25) is 0 Å². The number of nitrogens with one attached hydrogen (secondary N) is 1. The molecule has 1 aromatic carbocycles. The Morgan fingerprint density at radius 1 is 1.11 bits per heavy atom. The quantitative estimate of drug-likeness (QED) is 0.641. The van der Waals surface area contributed by atoms with Gasteiger partial charge in [0.05, 0.1) is 18.9 Å². The number of pyridine rings is 1. The third kappa shape index (κ3) is 4.70. The summed E-state index contributed by atoms with van der Waals surface area (Å²) in [7, 11) is 1.66. The highest BCUT2D eigenvalue weighted by atomic mass is 16.5. The molecule has 0 bridgehead atoms. The lowest BCUT2D eigenvalue weighted by atomic mass is 10.1. The van der Waals surface area contributed by atoms with Crippen molar-refractivity contribution in [3.63, 3.8) is 0 Å². The second kappa shape index (κ2) is 8.89. The zero-order chi connectivity index (χ0) is 20.1. The predicted molar refractivity (Wildman–Crippen MR) is 110 cm³/mol. The number of para-hydroxylation sites is 1. The molecule has 3 rings (SSSR count). The first-order chi connectivity index (χ1) is 13.5. The van der Waals surface area contributed by atoms with E-state index in [0.717, 1.165) is 39.8 Å². The van der Waals surface area contributed by atoms with Crippen LogP contribution in [0, 0.1) is 13.8 Å². The molecule has 0 amide bonds. The zero-order valence-electron chi connectivity index (χ0n) is 17.2. The Balaban J connectivity index is 1.65. The summed E-state index contributed by atoms with van der Waals surface area (Å²) in [6.45, 7) is 9.43. The van der Waals surface area contributed by atoms with E-state index < -0.39 is 0 Å². The Morgan fingerprint density at radius 3 is 2.54 bits per heavy atom. The minimum atomic E-state index is 0.0844. The third-order valence-corrected chi connectivity index (χ3v) is 4.31. The number of benzene rings is 1. The van der Waals surface area contributed by atoms with E-state index in [1.807, 2.05) is 62.8 Å². The van der Waals surface area contributed by atoms with Crippen LogP contribution in [0.5, 0.6) is 11.5 Å². The van der Waals surface area contributed by atoms with Gasteiger partial charge in [0, 0.05) is 30.5 Å². The van der Waals surface area contributed by atoms with Gasteiger partial charge >= 0.3 is 0 Å². The molecule has 148 valence electrons. The van der Waals surface area contributed by atoms with E-state index in [4.69, 9.17) is 9.47 Å². The number of rotatable bonds is 8. The molecule has 0 aliphatic heterocycles. The smallest absolute Gasteiger partial charge is 0.166 e. The van der Waals surface area contributed by atoms with Gasteiger partial charge < -0.3 is 14.8 Å². The van der Waals surface area contributed by atoms with Crippen molar-refractivity contribution < 1.29 is 9.47 Å². The predicted octanol–water partition coefficient (Wildman–Crippen LogP) is 3.97. The van der Waals surface area contributed by atoms with E-state index in [2.05, 4.69) is 27.5 Å². The van der Waals surface area contributed by atoms with Gasteiger partial charge in [-0.3, -0.25) is 0 Å². The van der Waals surface area contributed by atoms with Gasteiger partial charge in [0.1, 0.15) is 0 Å². The van der Waals surface area contributed by atoms with Crippen molar-refractivity contribution in [2.45, 2.75) is 46.9 Å². The number of aromatic nitrogens is 3. The maximum absolute atomic E-state index is 5.96. The number of aryl methyl sites for hydroxylation is 2. The highest BCUT2D eigenvalue weighted by molar-refractivity contribution is 5.46. The van der Waals surface area contributed by atoms with E-state index in [9.17, 15) is 0 Å². The summed E-state index contributed by atoms with van der Waals surface area (Å²) in [6, 6.07) is 12.1. The van der Waals surface area contributed by atoms with Crippen LogP contribution in [0.25, 0.3) is 5.82 Å². The van der Waals surface area contributed by atoms with Crippen LogP contribution >= 0.6 is 0 Å². The summed E-state index contributed by atoms with van der Waals surface area (Å²) in [6.07, 6.45) is 1.97. The Morgan fingerprint density at radius 2 is 1.93 bits per heavy atom. The zero-order valence-corrected chi connectivity index (χ0v) is 17.2. The number of methoxy groups -OCH3 is 1. The molecule has 0 aliphatic carbocycles. The molecule has 0 unspecified atom stereocenters. The normalized spacial score (nSPS) is 11.1. The molecule has 28 heavy (non-hydrogen) atoms. The van der Waals surface area contributed by atoms with Gasteiger partial charge in [0.2, 0.25) is 0 Å². The Hall–Kier alpha value is -2.86. The molecule has 0 saturated carbocycles. The van der Waals surface area contributed by atoms with E-state index in [1.54, 1.807) is 7.11 Å². The van der Waals surface area contributed by atoms with Gasteiger partial charge in [0.25, 0.3) is 0 Å². The first kappa shape index (κ1) is 19.9. The molecular formula is C22H28N4O2. The fourth-order valence-electron chi connectivity index (χ4n) is 3.08. The summed E-state index contributed by atoms with van der Waals surface area (Å²) in [5.74, 6) is 2.38. The molecule has 1 N–H and O–H groups in total. The molecule has 0 atom stereocenters. The third-order valence-electron chi connectivity index (χ3n) is 4.31. The Labute approximate surface area is 166 Å². The number of ether oxygens (including phenoxy) is 2. The van der Waals surface area contributed by atoms with Gasteiger partial charge in [-0.05, 0) is 51.5 Å². The van der Waals surface area contributed by atoms with E-state index >= 15 is 0 Å². The largest absolute Gasteiger partial charge is 0.493 e. The lowest BCUT2D eigenvalue weighted by molar-refractivity contribution is 0.227. The average molecular weight is 380 g/mol. The average Bonchev–Trinajstić information content (AvgIpc) is 3.01. The second-order valence-corrected chi connectivity index (χ2v) is 7.08.